The standard InChI is InChI=1S/C13H9Cl2N3/c1-7-8(2)17-13(18-12(7)6-16)10-4-3-9(14)5-11(10)15/h3-5H,1-2H3. The Balaban J connectivity index is 2.65. The lowest BCUT2D eigenvalue weighted by Crippen LogP contribution is -2.00. The van der Waals surface area contributed by atoms with Gasteiger partial charge in [-0.05, 0) is 32.0 Å². The summed E-state index contributed by atoms with van der Waals surface area (Å²) in [5.41, 5.74) is 2.58. The minimum Gasteiger partial charge on any atom is -0.233 e. The van der Waals surface area contributed by atoms with E-state index in [4.69, 9.17) is 28.5 Å². The average Bonchev–Trinajstić information content (AvgIpc) is 2.32. The zero-order chi connectivity index (χ0) is 13.3. The summed E-state index contributed by atoms with van der Waals surface area (Å²) in [6.07, 6.45) is 0. The number of benzene rings is 1. The van der Waals surface area contributed by atoms with Crippen LogP contribution in [-0.2, 0) is 0 Å². The first-order chi connectivity index (χ1) is 8.52. The fourth-order valence-electron chi connectivity index (χ4n) is 1.53. The smallest absolute Gasteiger partial charge is 0.162 e. The Hall–Kier alpha value is -1.63. The third kappa shape index (κ3) is 2.31. The molecule has 2 rings (SSSR count). The molecule has 0 aliphatic carbocycles. The van der Waals surface area contributed by atoms with Gasteiger partial charge in [0.2, 0.25) is 0 Å². The van der Waals surface area contributed by atoms with Crippen LogP contribution in [0.25, 0.3) is 11.4 Å². The van der Waals surface area contributed by atoms with Crippen LogP contribution < -0.4 is 0 Å². The lowest BCUT2D eigenvalue weighted by Gasteiger charge is -2.07. The van der Waals surface area contributed by atoms with Gasteiger partial charge >= 0.3 is 0 Å². The highest BCUT2D eigenvalue weighted by molar-refractivity contribution is 6.36. The van der Waals surface area contributed by atoms with Gasteiger partial charge in [0.15, 0.2) is 5.82 Å². The first-order valence-electron chi connectivity index (χ1n) is 5.23. The second-order valence-corrected chi connectivity index (χ2v) is 4.69. The van der Waals surface area contributed by atoms with Crippen molar-refractivity contribution in [2.24, 2.45) is 0 Å². The Morgan fingerprint density at radius 3 is 2.50 bits per heavy atom. The molecule has 0 radical (unpaired) electrons. The monoisotopic (exact) mass is 277 g/mol. The maximum Gasteiger partial charge on any atom is 0.162 e. The predicted octanol–water partition coefficient (Wildman–Crippen LogP) is 3.94. The number of rotatable bonds is 1. The van der Waals surface area contributed by atoms with Crippen LogP contribution in [0.2, 0.25) is 10.0 Å². The van der Waals surface area contributed by atoms with Crippen LogP contribution >= 0.6 is 23.2 Å². The molecule has 0 unspecified atom stereocenters. The molecule has 5 heteroatoms. The van der Waals surface area contributed by atoms with Crippen LogP contribution in [-0.4, -0.2) is 9.97 Å². The van der Waals surface area contributed by atoms with E-state index < -0.39 is 0 Å². The van der Waals surface area contributed by atoms with Gasteiger partial charge in [-0.3, -0.25) is 0 Å². The zero-order valence-corrected chi connectivity index (χ0v) is 11.3. The van der Waals surface area contributed by atoms with Crippen LogP contribution in [0.15, 0.2) is 18.2 Å². The Labute approximate surface area is 115 Å². The molecule has 1 aromatic heterocycles. The van der Waals surface area contributed by atoms with Gasteiger partial charge in [0.05, 0.1) is 5.02 Å². The number of hydrogen-bond acceptors (Lipinski definition) is 3. The van der Waals surface area contributed by atoms with Crippen LogP contribution in [0, 0.1) is 25.2 Å². The molecule has 3 nitrogen and oxygen atoms in total. The maximum atomic E-state index is 9.03. The summed E-state index contributed by atoms with van der Waals surface area (Å²) >= 11 is 11.9. The van der Waals surface area contributed by atoms with Crippen molar-refractivity contribution in [2.45, 2.75) is 13.8 Å². The van der Waals surface area contributed by atoms with E-state index in [0.29, 0.717) is 27.1 Å². The van der Waals surface area contributed by atoms with Gasteiger partial charge < -0.3 is 0 Å². The van der Waals surface area contributed by atoms with Gasteiger partial charge in [-0.25, -0.2) is 9.97 Å². The highest BCUT2D eigenvalue weighted by Crippen LogP contribution is 2.28. The van der Waals surface area contributed by atoms with Crippen molar-refractivity contribution < 1.29 is 0 Å². The predicted molar refractivity (Wildman–Crippen MR) is 71.7 cm³/mol. The lowest BCUT2D eigenvalue weighted by atomic mass is 10.1. The second kappa shape index (κ2) is 4.93. The van der Waals surface area contributed by atoms with E-state index in [1.165, 1.54) is 0 Å². The summed E-state index contributed by atoms with van der Waals surface area (Å²) in [5, 5.41) is 10.0. The van der Waals surface area contributed by atoms with E-state index in [-0.39, 0.29) is 0 Å². The van der Waals surface area contributed by atoms with Gasteiger partial charge in [0, 0.05) is 21.8 Å². The van der Waals surface area contributed by atoms with E-state index >= 15 is 0 Å². The molecule has 1 heterocycles. The highest BCUT2D eigenvalue weighted by atomic mass is 35.5. The van der Waals surface area contributed by atoms with Crippen LogP contribution in [0.1, 0.15) is 17.0 Å². The summed E-state index contributed by atoms with van der Waals surface area (Å²) in [5.74, 6) is 0.441. The SMILES string of the molecule is Cc1nc(-c2ccc(Cl)cc2Cl)nc(C#N)c1C. The maximum absolute atomic E-state index is 9.03. The number of nitriles is 1. The fourth-order valence-corrected chi connectivity index (χ4v) is 2.02. The molecule has 0 fully saturated rings. The van der Waals surface area contributed by atoms with Gasteiger partial charge in [-0.1, -0.05) is 23.2 Å². The fraction of sp³-hybridized carbons (Fsp3) is 0.154. The molecule has 0 spiro atoms. The molecule has 0 atom stereocenters. The minimum absolute atomic E-state index is 0.364. The van der Waals surface area contributed by atoms with Crippen molar-refractivity contribution in [2.75, 3.05) is 0 Å². The van der Waals surface area contributed by atoms with Crippen LogP contribution in [0.5, 0.6) is 0 Å². The van der Waals surface area contributed by atoms with Gasteiger partial charge in [0.25, 0.3) is 0 Å². The van der Waals surface area contributed by atoms with E-state index in [9.17, 15) is 0 Å². The molecule has 90 valence electrons. The Bertz CT molecular complexity index is 660. The molecule has 2 aromatic rings. The molecule has 0 saturated carbocycles. The van der Waals surface area contributed by atoms with E-state index in [0.717, 1.165) is 11.3 Å². The Morgan fingerprint density at radius 1 is 1.17 bits per heavy atom. The largest absolute Gasteiger partial charge is 0.233 e. The van der Waals surface area contributed by atoms with Crippen molar-refractivity contribution in [3.05, 3.63) is 45.2 Å². The zero-order valence-electron chi connectivity index (χ0n) is 9.83. The molecule has 1 aromatic carbocycles. The van der Waals surface area contributed by atoms with Crippen LogP contribution in [0.3, 0.4) is 0 Å². The molecule has 0 saturated heterocycles. The van der Waals surface area contributed by atoms with Crippen molar-refractivity contribution in [3.63, 3.8) is 0 Å². The molecule has 0 N–H and O–H groups in total. The summed E-state index contributed by atoms with van der Waals surface area (Å²) in [6, 6.07) is 7.15. The Morgan fingerprint density at radius 2 is 1.89 bits per heavy atom. The first-order valence-corrected chi connectivity index (χ1v) is 5.99. The lowest BCUT2D eigenvalue weighted by molar-refractivity contribution is 1.05. The molecule has 18 heavy (non-hydrogen) atoms. The van der Waals surface area contributed by atoms with Crippen molar-refractivity contribution in [1.29, 1.82) is 5.26 Å². The number of hydrogen-bond donors (Lipinski definition) is 0. The summed E-state index contributed by atoms with van der Waals surface area (Å²) < 4.78 is 0. The quantitative estimate of drug-likeness (QED) is 0.793. The molecule has 0 bridgehead atoms. The van der Waals surface area contributed by atoms with E-state index in [1.54, 1.807) is 18.2 Å². The van der Waals surface area contributed by atoms with Crippen LogP contribution in [0.4, 0.5) is 0 Å². The Kier molecular flexibility index (Phi) is 3.51. The third-order valence-corrected chi connectivity index (χ3v) is 3.21. The second-order valence-electron chi connectivity index (χ2n) is 3.84. The first kappa shape index (κ1) is 12.8. The summed E-state index contributed by atoms with van der Waals surface area (Å²) in [4.78, 5) is 8.56. The van der Waals surface area contributed by atoms with Gasteiger partial charge in [-0.15, -0.1) is 0 Å². The molecule has 0 aliphatic rings. The number of nitrogens with zero attached hydrogens (tertiary/aromatic N) is 3. The molecular weight excluding hydrogens is 269 g/mol. The molecular formula is C13H9Cl2N3. The minimum atomic E-state index is 0.364. The highest BCUT2D eigenvalue weighted by Gasteiger charge is 2.12. The number of aryl methyl sites for hydroxylation is 1. The topological polar surface area (TPSA) is 49.6 Å². The third-order valence-electron chi connectivity index (χ3n) is 2.67. The normalized spacial score (nSPS) is 10.2. The summed E-state index contributed by atoms with van der Waals surface area (Å²) in [6.45, 7) is 3.66. The van der Waals surface area contributed by atoms with E-state index in [2.05, 4.69) is 16.0 Å². The van der Waals surface area contributed by atoms with Gasteiger partial charge in [-0.2, -0.15) is 5.26 Å². The average molecular weight is 278 g/mol. The van der Waals surface area contributed by atoms with E-state index in [1.807, 2.05) is 13.8 Å². The molecule has 0 amide bonds. The molecule has 0 aliphatic heterocycles. The van der Waals surface area contributed by atoms with Crippen molar-refractivity contribution in [3.8, 4) is 17.5 Å². The van der Waals surface area contributed by atoms with Crippen molar-refractivity contribution in [1.82, 2.24) is 9.97 Å². The van der Waals surface area contributed by atoms with Crippen molar-refractivity contribution >= 4 is 23.2 Å². The number of aromatic nitrogens is 2. The number of halogens is 2. The summed E-state index contributed by atoms with van der Waals surface area (Å²) in [7, 11) is 0. The van der Waals surface area contributed by atoms with Gasteiger partial charge in [0.1, 0.15) is 11.8 Å².